The average molecular weight is 1220 g/mol. The molecule has 2 aliphatic heterocycles. The van der Waals surface area contributed by atoms with Gasteiger partial charge >= 0.3 is 12.2 Å². The van der Waals surface area contributed by atoms with Crippen LogP contribution in [-0.4, -0.2) is 168 Å². The zero-order chi connectivity index (χ0) is 65.1. The number of ether oxygens (including phenoxy) is 7. The first-order valence-corrected chi connectivity index (χ1v) is 27.9. The molecule has 0 saturated heterocycles. The zero-order valence-electron chi connectivity index (χ0n) is 51.4. The van der Waals surface area contributed by atoms with Crippen molar-refractivity contribution >= 4 is 47.1 Å². The first-order valence-electron chi connectivity index (χ1n) is 27.9. The van der Waals surface area contributed by atoms with Crippen LogP contribution in [0.2, 0.25) is 0 Å². The summed E-state index contributed by atoms with van der Waals surface area (Å²) in [5.74, 6) is -4.88. The van der Waals surface area contributed by atoms with Gasteiger partial charge in [-0.25, -0.2) is 18.4 Å². The molecule has 12 atom stereocenters. The van der Waals surface area contributed by atoms with E-state index in [9.17, 15) is 57.4 Å². The summed E-state index contributed by atoms with van der Waals surface area (Å²) >= 11 is 0. The van der Waals surface area contributed by atoms with Gasteiger partial charge in [0.2, 0.25) is 23.1 Å². The number of hydrogen-bond donors (Lipinski definition) is 8. The van der Waals surface area contributed by atoms with Crippen molar-refractivity contribution in [2.24, 2.45) is 40.9 Å². The minimum absolute atomic E-state index is 0.0175. The third-order valence-corrected chi connectivity index (χ3v) is 14.2. The maximum atomic E-state index is 13.5. The van der Waals surface area contributed by atoms with E-state index in [0.717, 1.165) is 12.2 Å². The Hall–Kier alpha value is -7.26. The van der Waals surface area contributed by atoms with Crippen molar-refractivity contribution in [2.45, 2.75) is 130 Å². The van der Waals surface area contributed by atoms with Crippen molar-refractivity contribution in [2.75, 3.05) is 62.0 Å². The summed E-state index contributed by atoms with van der Waals surface area (Å²) in [6, 6.07) is 0. The van der Waals surface area contributed by atoms with Gasteiger partial charge in [-0.2, -0.15) is 0 Å². The largest absolute Gasteiger partial charge is 0.492 e. The summed E-state index contributed by atoms with van der Waals surface area (Å²) in [5.41, 5.74) is 16.8. The van der Waals surface area contributed by atoms with Crippen molar-refractivity contribution in [3.8, 4) is 0 Å². The quantitative estimate of drug-likeness (QED) is 0.103. The van der Waals surface area contributed by atoms with Crippen LogP contribution in [0.1, 0.15) is 81.1 Å². The fourth-order valence-corrected chi connectivity index (χ4v) is 9.73. The van der Waals surface area contributed by atoms with E-state index in [0.29, 0.717) is 24.0 Å². The van der Waals surface area contributed by atoms with E-state index in [1.54, 1.807) is 58.1 Å². The fraction of sp³-hybridized carbons (Fsp3) is 0.541. The molecule has 478 valence electrons. The molecule has 0 fully saturated rings. The van der Waals surface area contributed by atoms with Gasteiger partial charge in [-0.3, -0.25) is 28.8 Å². The lowest BCUT2D eigenvalue weighted by Crippen LogP contribution is -2.38. The van der Waals surface area contributed by atoms with Crippen LogP contribution in [0, 0.1) is 23.7 Å². The lowest BCUT2D eigenvalue weighted by atomic mass is 9.85. The molecule has 0 aromatic rings. The van der Waals surface area contributed by atoms with Crippen molar-refractivity contribution in [1.82, 2.24) is 16.0 Å². The number of hydrogen-bond acceptors (Lipinski definition) is 19. The Bertz CT molecular complexity index is 2740. The van der Waals surface area contributed by atoms with Gasteiger partial charge in [0.05, 0.1) is 48.6 Å². The number of halogens is 2. The molecule has 0 saturated carbocycles. The number of methoxy groups -OCH3 is 5. The lowest BCUT2D eigenvalue weighted by molar-refractivity contribution is -0.121. The summed E-state index contributed by atoms with van der Waals surface area (Å²) in [6.07, 6.45) is 6.91. The highest BCUT2D eigenvalue weighted by atomic mass is 19.1. The van der Waals surface area contributed by atoms with E-state index >= 15 is 0 Å². The molecule has 2 heterocycles. The maximum absolute atomic E-state index is 13.5. The number of nitrogens with one attached hydrogen (secondary N) is 3. The Morgan fingerprint density at radius 1 is 0.628 bits per heavy atom. The van der Waals surface area contributed by atoms with E-state index in [1.165, 1.54) is 67.6 Å². The molecule has 4 aliphatic rings. The van der Waals surface area contributed by atoms with Crippen molar-refractivity contribution in [3.05, 3.63) is 117 Å². The maximum Gasteiger partial charge on any atom is 0.405 e. The number of carbonyl (C=O) groups excluding carboxylic acids is 8. The highest BCUT2D eigenvalue weighted by Crippen LogP contribution is 2.32. The Balaban J connectivity index is 0.000000552. The van der Waals surface area contributed by atoms with Gasteiger partial charge < -0.3 is 76.5 Å². The SMILES string of the molecule is COC1=C2C[C@@H](C)C[C@H](OC)[C@H](O)[C@@H](C)/C=C(\C)[C@H](OC(N)=O)[C@@H](OC)/C=C\C=C(/C)C(=O)NC(=CC1=O)C2=O.CO[C@H]1/C=C\C=C(/C)C(=O)NC2=CC(=O)C(NCCF)=C(C[C@@H](C)C[C@H](OC)[C@H](O)[C@@H](C)/C=C(\C)[C@@H]1OC(N)=O)C2=O.NCCF. The van der Waals surface area contributed by atoms with Gasteiger partial charge in [-0.05, 0) is 76.4 Å². The molecule has 4 rings (SSSR count). The highest BCUT2D eigenvalue weighted by molar-refractivity contribution is 6.24. The molecule has 0 aromatic heterocycles. The molecule has 0 aromatic carbocycles. The van der Waals surface area contributed by atoms with Crippen molar-refractivity contribution in [3.63, 3.8) is 0 Å². The van der Waals surface area contributed by atoms with Gasteiger partial charge in [0.25, 0.3) is 11.8 Å². The Labute approximate surface area is 501 Å². The number of carbonyl (C=O) groups is 8. The van der Waals surface area contributed by atoms with Crippen molar-refractivity contribution < 1.29 is 90.5 Å². The van der Waals surface area contributed by atoms with E-state index in [4.69, 9.17) is 44.6 Å². The molecule has 23 nitrogen and oxygen atoms in total. The molecule has 0 spiro atoms. The highest BCUT2D eigenvalue weighted by Gasteiger charge is 2.36. The number of allylic oxidation sites excluding steroid dienone is 8. The van der Waals surface area contributed by atoms with E-state index in [1.807, 2.05) is 13.8 Å². The van der Waals surface area contributed by atoms with Gasteiger partial charge in [0, 0.05) is 87.8 Å². The third kappa shape index (κ3) is 22.5. The van der Waals surface area contributed by atoms with Crippen molar-refractivity contribution in [1.29, 1.82) is 0 Å². The Morgan fingerprint density at radius 3 is 1.38 bits per heavy atom. The van der Waals surface area contributed by atoms with E-state index in [2.05, 4.69) is 21.7 Å². The number of rotatable bonds is 11. The molecular formula is C61H88F2N6O17. The molecule has 4 amide bonds. The molecule has 2 aliphatic carbocycles. The summed E-state index contributed by atoms with van der Waals surface area (Å²) in [6.45, 7) is 12.6. The third-order valence-electron chi connectivity index (χ3n) is 14.2. The summed E-state index contributed by atoms with van der Waals surface area (Å²) in [4.78, 5) is 102. The molecule has 86 heavy (non-hydrogen) atoms. The second-order valence-electron chi connectivity index (χ2n) is 21.1. The van der Waals surface area contributed by atoms with Gasteiger partial charge in [-0.1, -0.05) is 76.3 Å². The number of nitrogens with two attached hydrogens (primary N) is 3. The monoisotopic (exact) mass is 1210 g/mol. The number of primary amides is 2. The smallest absolute Gasteiger partial charge is 0.405 e. The second-order valence-corrected chi connectivity index (χ2v) is 21.1. The van der Waals surface area contributed by atoms with E-state index < -0.39 is 121 Å². The predicted molar refractivity (Wildman–Crippen MR) is 315 cm³/mol. The standard InChI is InChI=1S/C30H42FN3O8.C29H40N2O9.C2H6FN/c1-16-12-20-25(33-11-10-31)22(35)15-21(27(20)37)34-29(38)17(2)8-7-9-23(40-5)28(42-30(32)39)19(4)14-18(3)26(36)24(13-16)41-6;1-15-11-19-25(34)20(14-21(32)27(19)39-7)31-28(35)16(2)9-8-10-22(37-5)26(40-29(30)36)18(4)13-17(3)24(33)23(12-15)38-6;3-1-2-4/h7-9,14-16,18,23-24,26,28,33,36H,10-13H2,1-6H3,(H2,32,39)(H,34,38);8-10,13-15,17,22-24,26,33H,11-12H2,1-7H3,(H2,30,36)(H,31,35);1-2,4H2/b9-7-,17-8+,19-14+;10-8-,16-9+,18-13+;/t16-,18+,23+,24+,26-,28+;15-,17+,22+,23+,24-,26+;/m11./s1. The number of amides is 4. The minimum atomic E-state index is -1.02. The predicted octanol–water partition coefficient (Wildman–Crippen LogP) is 4.64. The van der Waals surface area contributed by atoms with Crippen LogP contribution >= 0.6 is 0 Å². The molecule has 0 unspecified atom stereocenters. The molecule has 11 N–H and O–H groups in total. The fourth-order valence-electron chi connectivity index (χ4n) is 9.73. The molecule has 0 radical (unpaired) electrons. The lowest BCUT2D eigenvalue weighted by Gasteiger charge is -2.30. The number of aliphatic hydroxyl groups is 2. The Kier molecular flexibility index (Phi) is 32.5. The molecular weight excluding hydrogens is 1130 g/mol. The summed E-state index contributed by atoms with van der Waals surface area (Å²) < 4.78 is 61.8. The first kappa shape index (κ1) is 74.8. The van der Waals surface area contributed by atoms with Gasteiger partial charge in [0.15, 0.2) is 18.0 Å². The van der Waals surface area contributed by atoms with Crippen LogP contribution in [-0.2, 0) is 61.9 Å². The first-order chi connectivity index (χ1) is 40.6. The summed E-state index contributed by atoms with van der Waals surface area (Å²) in [5, 5.41) is 30.1. The van der Waals surface area contributed by atoms with Crippen LogP contribution in [0.4, 0.5) is 18.4 Å². The van der Waals surface area contributed by atoms with Crippen LogP contribution in [0.15, 0.2) is 117 Å². The second kappa shape index (κ2) is 37.3. The molecule has 4 bridgehead atoms. The van der Waals surface area contributed by atoms with E-state index in [-0.39, 0.29) is 82.9 Å². The average Bonchev–Trinajstić information content (AvgIpc) is 2.02. The number of fused-ring (bicyclic) bond motifs is 4. The van der Waals surface area contributed by atoms with Crippen LogP contribution in [0.5, 0.6) is 0 Å². The van der Waals surface area contributed by atoms with Crippen LogP contribution in [0.25, 0.3) is 0 Å². The number of Topliss-reactive ketones (excluding diaryl/α,β-unsaturated/α-hetero) is 2. The number of aliphatic hydroxyl groups excluding tert-OH is 2. The zero-order valence-corrected chi connectivity index (χ0v) is 51.4. The normalized spacial score (nSPS) is 31.0. The minimum Gasteiger partial charge on any atom is -0.492 e. The van der Waals surface area contributed by atoms with Gasteiger partial charge in [-0.15, -0.1) is 0 Å². The number of alkyl halides is 2. The number of ketones is 4. The van der Waals surface area contributed by atoms with Crippen LogP contribution < -0.4 is 33.2 Å². The topological polar surface area (TPSA) is 356 Å². The summed E-state index contributed by atoms with van der Waals surface area (Å²) in [7, 11) is 7.09. The van der Waals surface area contributed by atoms with Gasteiger partial charge in [0.1, 0.15) is 25.6 Å². The molecule has 25 heteroatoms. The Morgan fingerprint density at radius 2 is 1.02 bits per heavy atom. The van der Waals surface area contributed by atoms with Crippen LogP contribution in [0.3, 0.4) is 0 Å².